The van der Waals surface area contributed by atoms with Gasteiger partial charge in [-0.15, -0.1) is 0 Å². The summed E-state index contributed by atoms with van der Waals surface area (Å²) < 4.78 is 6.41. The molecule has 1 spiro atoms. The number of aromatic carboxylic acids is 1. The van der Waals surface area contributed by atoms with Gasteiger partial charge < -0.3 is 25.4 Å². The number of allylic oxidation sites excluding steroid dienone is 2. The Bertz CT molecular complexity index is 1130. The van der Waals surface area contributed by atoms with Crippen molar-refractivity contribution in [1.29, 1.82) is 0 Å². The van der Waals surface area contributed by atoms with Crippen LogP contribution in [-0.4, -0.2) is 44.7 Å². The number of carbonyl (C=O) groups is 3. The normalized spacial score (nSPS) is 37.9. The SMILES string of the molecule is C[C@]12C[C@@]34C=CC(=O)[C@@](C)(CCC(=O)Nc5c(O)cc(Cl)c(C(=O)O)c5O)[C@@H]3[C@H](C[C@@H]1C4)O2. The van der Waals surface area contributed by atoms with E-state index in [-0.39, 0.29) is 46.7 Å². The highest BCUT2D eigenvalue weighted by Crippen LogP contribution is 2.71. The molecular weight excluding hydrogens is 450 g/mol. The van der Waals surface area contributed by atoms with Gasteiger partial charge in [-0.25, -0.2) is 4.79 Å². The minimum absolute atomic E-state index is 0.0157. The van der Waals surface area contributed by atoms with Crippen molar-refractivity contribution in [2.24, 2.45) is 22.7 Å². The quantitative estimate of drug-likeness (QED) is 0.475. The van der Waals surface area contributed by atoms with E-state index in [9.17, 15) is 29.7 Å². The first-order chi connectivity index (χ1) is 15.4. The van der Waals surface area contributed by atoms with Crippen LogP contribution in [-0.2, 0) is 14.3 Å². The summed E-state index contributed by atoms with van der Waals surface area (Å²) >= 11 is 5.79. The molecular formula is C24H26ClNO7. The van der Waals surface area contributed by atoms with Crippen LogP contribution >= 0.6 is 11.6 Å². The zero-order valence-corrected chi connectivity index (χ0v) is 19.1. The molecule has 1 amide bonds. The van der Waals surface area contributed by atoms with Crippen LogP contribution < -0.4 is 5.32 Å². The third-order valence-corrected chi connectivity index (χ3v) is 8.79. The molecule has 33 heavy (non-hydrogen) atoms. The second kappa shape index (κ2) is 6.96. The number of hydrogen-bond donors (Lipinski definition) is 4. The van der Waals surface area contributed by atoms with E-state index in [4.69, 9.17) is 16.3 Å². The minimum Gasteiger partial charge on any atom is -0.506 e. The van der Waals surface area contributed by atoms with E-state index in [0.717, 1.165) is 25.3 Å². The maximum atomic E-state index is 13.1. The molecule has 2 saturated heterocycles. The summed E-state index contributed by atoms with van der Waals surface area (Å²) in [6.07, 6.45) is 6.72. The number of anilines is 1. The van der Waals surface area contributed by atoms with Crippen molar-refractivity contribution in [1.82, 2.24) is 0 Å². The summed E-state index contributed by atoms with van der Waals surface area (Å²) in [6.45, 7) is 4.06. The van der Waals surface area contributed by atoms with Crippen molar-refractivity contribution in [3.8, 4) is 11.5 Å². The fraction of sp³-hybridized carbons (Fsp3) is 0.542. The van der Waals surface area contributed by atoms with Gasteiger partial charge in [0.05, 0.1) is 16.7 Å². The number of carboxylic acids is 1. The predicted molar refractivity (Wildman–Crippen MR) is 118 cm³/mol. The molecule has 3 aliphatic carbocycles. The fourth-order valence-electron chi connectivity index (χ4n) is 7.17. The summed E-state index contributed by atoms with van der Waals surface area (Å²) in [6, 6.07) is 0.949. The number of hydrogen-bond acceptors (Lipinski definition) is 6. The van der Waals surface area contributed by atoms with Crippen molar-refractivity contribution in [3.05, 3.63) is 28.8 Å². The third kappa shape index (κ3) is 3.03. The lowest BCUT2D eigenvalue weighted by atomic mass is 9.51. The van der Waals surface area contributed by atoms with Crippen molar-refractivity contribution < 1.29 is 34.4 Å². The Kier molecular flexibility index (Phi) is 4.69. The zero-order valence-electron chi connectivity index (χ0n) is 18.4. The molecule has 9 heteroatoms. The Balaban J connectivity index is 1.36. The Labute approximate surface area is 195 Å². The number of carboxylic acid groups (broad SMARTS) is 1. The minimum atomic E-state index is -1.50. The Morgan fingerprint density at radius 1 is 1.30 bits per heavy atom. The molecule has 0 aromatic heterocycles. The van der Waals surface area contributed by atoms with Crippen LogP contribution in [0.3, 0.4) is 0 Å². The topological polar surface area (TPSA) is 133 Å². The Morgan fingerprint density at radius 3 is 2.70 bits per heavy atom. The molecule has 4 fully saturated rings. The lowest BCUT2D eigenvalue weighted by Gasteiger charge is -2.55. The lowest BCUT2D eigenvalue weighted by molar-refractivity contribution is -0.169. The van der Waals surface area contributed by atoms with E-state index in [1.807, 2.05) is 6.92 Å². The van der Waals surface area contributed by atoms with Crippen LogP contribution in [0.2, 0.25) is 5.02 Å². The van der Waals surface area contributed by atoms with Crippen molar-refractivity contribution in [3.63, 3.8) is 0 Å². The average molecular weight is 476 g/mol. The van der Waals surface area contributed by atoms with Crippen molar-refractivity contribution in [2.45, 2.75) is 57.7 Å². The molecule has 2 saturated carbocycles. The van der Waals surface area contributed by atoms with E-state index in [1.165, 1.54) is 0 Å². The van der Waals surface area contributed by atoms with E-state index in [0.29, 0.717) is 5.92 Å². The van der Waals surface area contributed by atoms with Crippen LogP contribution in [0.5, 0.6) is 11.5 Å². The summed E-state index contributed by atoms with van der Waals surface area (Å²) in [4.78, 5) is 37.2. The molecule has 5 aliphatic rings. The molecule has 176 valence electrons. The molecule has 2 aliphatic heterocycles. The molecule has 4 bridgehead atoms. The number of ether oxygens (including phenoxy) is 1. The third-order valence-electron chi connectivity index (χ3n) is 8.50. The number of halogens is 1. The van der Waals surface area contributed by atoms with Gasteiger partial charge in [-0.2, -0.15) is 0 Å². The number of ketones is 1. The summed E-state index contributed by atoms with van der Waals surface area (Å²) in [5.41, 5.74) is -2.07. The number of carbonyl (C=O) groups excluding carboxylic acids is 2. The van der Waals surface area contributed by atoms with Crippen molar-refractivity contribution >= 4 is 34.9 Å². The van der Waals surface area contributed by atoms with Crippen LogP contribution in [0.15, 0.2) is 18.2 Å². The zero-order chi connectivity index (χ0) is 23.9. The molecule has 4 N–H and O–H groups in total. The number of benzene rings is 1. The molecule has 0 radical (unpaired) electrons. The maximum absolute atomic E-state index is 13.1. The van der Waals surface area contributed by atoms with Gasteiger partial charge in [0.25, 0.3) is 0 Å². The van der Waals surface area contributed by atoms with Gasteiger partial charge in [-0.1, -0.05) is 24.6 Å². The highest BCUT2D eigenvalue weighted by atomic mass is 35.5. The first-order valence-electron chi connectivity index (χ1n) is 11.1. The molecule has 0 unspecified atom stereocenters. The van der Waals surface area contributed by atoms with E-state index >= 15 is 0 Å². The van der Waals surface area contributed by atoms with Crippen LogP contribution in [0.25, 0.3) is 0 Å². The van der Waals surface area contributed by atoms with E-state index in [2.05, 4.69) is 18.3 Å². The molecule has 8 nitrogen and oxygen atoms in total. The van der Waals surface area contributed by atoms with Gasteiger partial charge in [0, 0.05) is 23.8 Å². The number of phenols is 2. The first kappa shape index (κ1) is 22.2. The van der Waals surface area contributed by atoms with Gasteiger partial charge in [-0.3, -0.25) is 9.59 Å². The summed E-state index contributed by atoms with van der Waals surface area (Å²) in [5, 5.41) is 31.6. The smallest absolute Gasteiger partial charge is 0.341 e. The summed E-state index contributed by atoms with van der Waals surface area (Å²) in [7, 11) is 0. The van der Waals surface area contributed by atoms with Gasteiger partial charge >= 0.3 is 5.97 Å². The average Bonchev–Trinajstić information content (AvgIpc) is 3.08. The lowest BCUT2D eigenvalue weighted by Crippen LogP contribution is -2.56. The van der Waals surface area contributed by atoms with Crippen molar-refractivity contribution in [2.75, 3.05) is 5.32 Å². The number of aromatic hydroxyl groups is 2. The molecule has 1 aromatic rings. The monoisotopic (exact) mass is 475 g/mol. The standard InChI is InChI=1S/C24H26ClNO7/c1-22(5-4-16(29)26-18-13(27)8-12(25)17(19(18)30)21(31)32)15(28)3-6-24-9-11-7-14(20(22)24)33-23(11,2)10-24/h3,6,8,11,14,20,27,30H,4-5,7,9-10H2,1-2H3,(H,26,29)(H,31,32)/t11-,14+,20+,22-,23+,24+/m1/s1. The van der Waals surface area contributed by atoms with Crippen LogP contribution in [0, 0.1) is 22.7 Å². The first-order valence-corrected chi connectivity index (χ1v) is 11.5. The maximum Gasteiger partial charge on any atom is 0.341 e. The second-order valence-corrected chi connectivity index (χ2v) is 10.8. The highest BCUT2D eigenvalue weighted by molar-refractivity contribution is 6.34. The van der Waals surface area contributed by atoms with Gasteiger partial charge in [0.2, 0.25) is 5.91 Å². The molecule has 6 atom stereocenters. The molecule has 2 heterocycles. The van der Waals surface area contributed by atoms with E-state index in [1.54, 1.807) is 6.08 Å². The number of phenolic OH excluding ortho intramolecular Hbond substituents is 1. The predicted octanol–water partition coefficient (Wildman–Crippen LogP) is 3.89. The van der Waals surface area contributed by atoms with Gasteiger partial charge in [0.1, 0.15) is 17.0 Å². The fourth-order valence-corrected chi connectivity index (χ4v) is 7.44. The molecule has 1 aromatic carbocycles. The van der Waals surface area contributed by atoms with Crippen LogP contribution in [0.4, 0.5) is 5.69 Å². The molecule has 6 rings (SSSR count). The second-order valence-electron chi connectivity index (χ2n) is 10.4. The Hall–Kier alpha value is -2.58. The summed E-state index contributed by atoms with van der Waals surface area (Å²) in [5.74, 6) is -2.99. The van der Waals surface area contributed by atoms with E-state index < -0.39 is 40.0 Å². The number of amides is 1. The van der Waals surface area contributed by atoms with Gasteiger partial charge in [0.15, 0.2) is 11.5 Å². The highest BCUT2D eigenvalue weighted by Gasteiger charge is 2.71. The number of nitrogens with one attached hydrogen (secondary N) is 1. The number of rotatable bonds is 5. The van der Waals surface area contributed by atoms with Gasteiger partial charge in [-0.05, 0) is 50.0 Å². The van der Waals surface area contributed by atoms with Crippen LogP contribution in [0.1, 0.15) is 56.3 Å². The largest absolute Gasteiger partial charge is 0.506 e. The Morgan fingerprint density at radius 2 is 2.03 bits per heavy atom.